The summed E-state index contributed by atoms with van der Waals surface area (Å²) in [6.45, 7) is 5.65. The van der Waals surface area contributed by atoms with E-state index in [1.807, 2.05) is 13.8 Å². The zero-order chi connectivity index (χ0) is 10.2. The molecule has 1 atom stereocenters. The second-order valence-corrected chi connectivity index (χ2v) is 5.22. The van der Waals surface area contributed by atoms with Gasteiger partial charge in [0, 0.05) is 17.9 Å². The van der Waals surface area contributed by atoms with Crippen LogP contribution in [0.4, 0.5) is 0 Å². The Morgan fingerprint density at radius 2 is 2.43 bits per heavy atom. The van der Waals surface area contributed by atoms with Gasteiger partial charge < -0.3 is 10.5 Å². The van der Waals surface area contributed by atoms with Crippen LogP contribution in [0.5, 0.6) is 0 Å². The molecule has 4 heteroatoms. The molecule has 0 bridgehead atoms. The van der Waals surface area contributed by atoms with Crippen molar-refractivity contribution in [3.05, 3.63) is 16.1 Å². The summed E-state index contributed by atoms with van der Waals surface area (Å²) in [7, 11) is 0. The van der Waals surface area contributed by atoms with E-state index < -0.39 is 0 Å². The van der Waals surface area contributed by atoms with Gasteiger partial charge in [-0.2, -0.15) is 0 Å². The summed E-state index contributed by atoms with van der Waals surface area (Å²) in [6.07, 6.45) is 1.09. The Hall–Kier alpha value is -0.450. The predicted molar refractivity (Wildman–Crippen MR) is 57.5 cm³/mol. The summed E-state index contributed by atoms with van der Waals surface area (Å²) < 4.78 is 5.34. The lowest BCUT2D eigenvalue weighted by Crippen LogP contribution is -2.28. The Morgan fingerprint density at radius 1 is 1.64 bits per heavy atom. The molecule has 2 rings (SSSR count). The molecule has 0 aromatic carbocycles. The molecule has 1 aromatic heterocycles. The Bertz CT molecular complexity index is 310. The average Bonchev–Trinajstić information content (AvgIpc) is 2.73. The van der Waals surface area contributed by atoms with Crippen molar-refractivity contribution in [2.75, 3.05) is 13.2 Å². The van der Waals surface area contributed by atoms with Crippen LogP contribution >= 0.6 is 11.3 Å². The minimum Gasteiger partial charge on any atom is -0.381 e. The Morgan fingerprint density at radius 3 is 2.93 bits per heavy atom. The van der Waals surface area contributed by atoms with Gasteiger partial charge in [0.25, 0.3) is 0 Å². The van der Waals surface area contributed by atoms with Crippen molar-refractivity contribution in [1.29, 1.82) is 0 Å². The van der Waals surface area contributed by atoms with Crippen molar-refractivity contribution in [2.45, 2.75) is 31.7 Å². The first-order valence-corrected chi connectivity index (χ1v) is 5.78. The van der Waals surface area contributed by atoms with Gasteiger partial charge in [-0.3, -0.25) is 0 Å². The molecule has 1 unspecified atom stereocenters. The molecule has 1 aliphatic rings. The fraction of sp³-hybridized carbons (Fsp3) is 0.700. The fourth-order valence-electron chi connectivity index (χ4n) is 1.54. The van der Waals surface area contributed by atoms with Gasteiger partial charge in [-0.25, -0.2) is 4.98 Å². The summed E-state index contributed by atoms with van der Waals surface area (Å²) in [6, 6.07) is 0. The van der Waals surface area contributed by atoms with Crippen LogP contribution in [0.2, 0.25) is 0 Å². The van der Waals surface area contributed by atoms with Crippen molar-refractivity contribution in [3.8, 4) is 0 Å². The third kappa shape index (κ3) is 1.97. The van der Waals surface area contributed by atoms with Gasteiger partial charge in [-0.05, 0) is 20.3 Å². The molecule has 0 saturated carbocycles. The van der Waals surface area contributed by atoms with Gasteiger partial charge in [0.1, 0.15) is 5.01 Å². The molecule has 2 N–H and O–H groups in total. The summed E-state index contributed by atoms with van der Waals surface area (Å²) in [5.41, 5.74) is 6.82. The fourth-order valence-corrected chi connectivity index (χ4v) is 2.48. The zero-order valence-electron chi connectivity index (χ0n) is 8.62. The molecule has 14 heavy (non-hydrogen) atoms. The Balaban J connectivity index is 2.17. The van der Waals surface area contributed by atoms with Gasteiger partial charge in [0.2, 0.25) is 0 Å². The third-order valence-electron chi connectivity index (χ3n) is 2.42. The van der Waals surface area contributed by atoms with Crippen LogP contribution in [0.25, 0.3) is 0 Å². The van der Waals surface area contributed by atoms with Crippen LogP contribution in [0.1, 0.15) is 36.9 Å². The number of nitrogens with two attached hydrogens (primary N) is 1. The normalized spacial score (nSPS) is 22.9. The van der Waals surface area contributed by atoms with E-state index in [0.29, 0.717) is 5.92 Å². The van der Waals surface area contributed by atoms with Gasteiger partial charge in [0.15, 0.2) is 0 Å². The SMILES string of the molecule is CC(C)(N)c1nc(C2CCOC2)cs1. The van der Waals surface area contributed by atoms with Crippen LogP contribution in [0.3, 0.4) is 0 Å². The second kappa shape index (κ2) is 3.61. The van der Waals surface area contributed by atoms with E-state index in [4.69, 9.17) is 10.5 Å². The van der Waals surface area contributed by atoms with Crippen LogP contribution in [-0.2, 0) is 10.3 Å². The van der Waals surface area contributed by atoms with Crippen LogP contribution in [0.15, 0.2) is 5.38 Å². The van der Waals surface area contributed by atoms with Crippen molar-refractivity contribution in [3.63, 3.8) is 0 Å². The van der Waals surface area contributed by atoms with E-state index in [1.165, 1.54) is 0 Å². The van der Waals surface area contributed by atoms with E-state index in [1.54, 1.807) is 11.3 Å². The number of nitrogens with zero attached hydrogens (tertiary/aromatic N) is 1. The highest BCUT2D eigenvalue weighted by Crippen LogP contribution is 2.29. The molecule has 1 saturated heterocycles. The number of rotatable bonds is 2. The smallest absolute Gasteiger partial charge is 0.112 e. The number of hydrogen-bond acceptors (Lipinski definition) is 4. The molecule has 78 valence electrons. The van der Waals surface area contributed by atoms with Crippen LogP contribution < -0.4 is 5.73 Å². The minimum absolute atomic E-state index is 0.317. The first-order valence-electron chi connectivity index (χ1n) is 4.90. The van der Waals surface area contributed by atoms with E-state index in [9.17, 15) is 0 Å². The zero-order valence-corrected chi connectivity index (χ0v) is 9.43. The monoisotopic (exact) mass is 212 g/mol. The van der Waals surface area contributed by atoms with Crippen molar-refractivity contribution in [2.24, 2.45) is 5.73 Å². The number of thiazole rings is 1. The molecule has 0 aliphatic carbocycles. The molecule has 1 aromatic rings. The predicted octanol–water partition coefficient (Wildman–Crippen LogP) is 1.84. The highest BCUT2D eigenvalue weighted by molar-refractivity contribution is 7.09. The summed E-state index contributed by atoms with van der Waals surface area (Å²) in [4.78, 5) is 4.58. The number of hydrogen-bond donors (Lipinski definition) is 1. The van der Waals surface area contributed by atoms with Crippen molar-refractivity contribution >= 4 is 11.3 Å². The highest BCUT2D eigenvalue weighted by atomic mass is 32.1. The number of ether oxygens (including phenoxy) is 1. The highest BCUT2D eigenvalue weighted by Gasteiger charge is 2.24. The molecular formula is C10H16N2OS. The van der Waals surface area contributed by atoms with Crippen LogP contribution in [0, 0.1) is 0 Å². The van der Waals surface area contributed by atoms with Crippen molar-refractivity contribution in [1.82, 2.24) is 4.98 Å². The molecule has 0 spiro atoms. The maximum atomic E-state index is 5.99. The number of aromatic nitrogens is 1. The molecular weight excluding hydrogens is 196 g/mol. The summed E-state index contributed by atoms with van der Waals surface area (Å²) in [5.74, 6) is 0.488. The summed E-state index contributed by atoms with van der Waals surface area (Å²) in [5, 5.41) is 3.13. The van der Waals surface area contributed by atoms with E-state index >= 15 is 0 Å². The third-order valence-corrected chi connectivity index (χ3v) is 3.62. The van der Waals surface area contributed by atoms with Gasteiger partial charge >= 0.3 is 0 Å². The molecule has 1 fully saturated rings. The average molecular weight is 212 g/mol. The molecule has 2 heterocycles. The first-order chi connectivity index (χ1) is 6.57. The van der Waals surface area contributed by atoms with Crippen molar-refractivity contribution < 1.29 is 4.74 Å². The lowest BCUT2D eigenvalue weighted by molar-refractivity contribution is 0.193. The molecule has 1 aliphatic heterocycles. The lowest BCUT2D eigenvalue weighted by atomic mass is 10.1. The Labute approximate surface area is 88.3 Å². The Kier molecular flexibility index (Phi) is 2.60. The first kappa shape index (κ1) is 10.1. The molecule has 3 nitrogen and oxygen atoms in total. The summed E-state index contributed by atoms with van der Waals surface area (Å²) >= 11 is 1.65. The quantitative estimate of drug-likeness (QED) is 0.813. The lowest BCUT2D eigenvalue weighted by Gasteiger charge is -2.14. The van der Waals surface area contributed by atoms with Gasteiger partial charge in [-0.15, -0.1) is 11.3 Å². The van der Waals surface area contributed by atoms with Gasteiger partial charge in [-0.1, -0.05) is 0 Å². The maximum absolute atomic E-state index is 5.99. The molecule has 0 amide bonds. The topological polar surface area (TPSA) is 48.1 Å². The minimum atomic E-state index is -0.317. The molecule has 0 radical (unpaired) electrons. The maximum Gasteiger partial charge on any atom is 0.112 e. The van der Waals surface area contributed by atoms with Gasteiger partial charge in [0.05, 0.1) is 17.8 Å². The van der Waals surface area contributed by atoms with E-state index in [0.717, 1.165) is 30.3 Å². The second-order valence-electron chi connectivity index (χ2n) is 4.36. The van der Waals surface area contributed by atoms with Crippen LogP contribution in [-0.4, -0.2) is 18.2 Å². The van der Waals surface area contributed by atoms with E-state index in [2.05, 4.69) is 10.4 Å². The van der Waals surface area contributed by atoms with E-state index in [-0.39, 0.29) is 5.54 Å². The largest absolute Gasteiger partial charge is 0.381 e. The standard InChI is InChI=1S/C10H16N2OS/c1-10(2,11)9-12-8(6-14-9)7-3-4-13-5-7/h6-7H,3-5,11H2,1-2H3.